The van der Waals surface area contributed by atoms with E-state index in [-0.39, 0.29) is 11.6 Å². The molecule has 0 spiro atoms. The molecule has 4 rings (SSSR count). The molecular weight excluding hydrogens is 423 g/mol. The number of nitrogens with one attached hydrogen (secondary N) is 1. The van der Waals surface area contributed by atoms with Gasteiger partial charge in [0.25, 0.3) is 5.91 Å². The maximum absolute atomic E-state index is 13.1. The standard InChI is InChI=1S/C22H22Cl2N4O2/c1-30-21-19(22(29)26-27-13-5-2-6-14-27)25-28(18-8-4-3-7-17(18)24)20(21)15-9-11-16(23)12-10-15/h3-4,7-12H,2,5-6,13-14H2,1H3,(H,26,29). The summed E-state index contributed by atoms with van der Waals surface area (Å²) in [7, 11) is 1.53. The largest absolute Gasteiger partial charge is 0.492 e. The number of benzene rings is 2. The lowest BCUT2D eigenvalue weighted by atomic mass is 10.1. The monoisotopic (exact) mass is 444 g/mol. The van der Waals surface area contributed by atoms with Crippen LogP contribution in [0.15, 0.2) is 48.5 Å². The number of hydrogen-bond acceptors (Lipinski definition) is 4. The van der Waals surface area contributed by atoms with Gasteiger partial charge in [0.2, 0.25) is 0 Å². The van der Waals surface area contributed by atoms with E-state index < -0.39 is 0 Å². The van der Waals surface area contributed by atoms with Crippen molar-refractivity contribution in [3.05, 3.63) is 64.3 Å². The second-order valence-corrected chi connectivity index (χ2v) is 7.93. The summed E-state index contributed by atoms with van der Waals surface area (Å²) in [5.74, 6) is 0.0709. The molecule has 3 aromatic rings. The molecule has 2 aromatic carbocycles. The van der Waals surface area contributed by atoms with Gasteiger partial charge in [-0.1, -0.05) is 53.9 Å². The molecule has 0 aliphatic carbocycles. The van der Waals surface area contributed by atoms with Gasteiger partial charge >= 0.3 is 0 Å². The van der Waals surface area contributed by atoms with Gasteiger partial charge in [-0.15, -0.1) is 0 Å². The number of ether oxygens (including phenoxy) is 1. The number of methoxy groups -OCH3 is 1. The average Bonchev–Trinajstić information content (AvgIpc) is 3.15. The van der Waals surface area contributed by atoms with Crippen LogP contribution < -0.4 is 10.2 Å². The third kappa shape index (κ3) is 4.17. The van der Waals surface area contributed by atoms with Crippen LogP contribution in [0.5, 0.6) is 5.75 Å². The zero-order chi connectivity index (χ0) is 21.1. The summed E-state index contributed by atoms with van der Waals surface area (Å²) >= 11 is 12.5. The summed E-state index contributed by atoms with van der Waals surface area (Å²) < 4.78 is 7.32. The quantitative estimate of drug-likeness (QED) is 0.602. The van der Waals surface area contributed by atoms with Gasteiger partial charge < -0.3 is 4.74 Å². The molecule has 1 aromatic heterocycles. The predicted octanol–water partition coefficient (Wildman–Crippen LogP) is 4.99. The number of aromatic nitrogens is 2. The molecule has 8 heteroatoms. The number of nitrogens with zero attached hydrogens (tertiary/aromatic N) is 3. The van der Waals surface area contributed by atoms with Gasteiger partial charge in [0.05, 0.1) is 17.8 Å². The Balaban J connectivity index is 1.83. The van der Waals surface area contributed by atoms with Gasteiger partial charge in [-0.25, -0.2) is 9.69 Å². The Bertz CT molecular complexity index is 1040. The first-order valence-electron chi connectivity index (χ1n) is 9.82. The number of para-hydroxylation sites is 1. The Morgan fingerprint density at radius 3 is 2.40 bits per heavy atom. The molecule has 2 heterocycles. The number of hydrazine groups is 1. The molecule has 30 heavy (non-hydrogen) atoms. The number of carbonyl (C=O) groups excluding carboxylic acids is 1. The number of halogens is 2. The van der Waals surface area contributed by atoms with Crippen LogP contribution in [-0.4, -0.2) is 40.9 Å². The van der Waals surface area contributed by atoms with Gasteiger partial charge in [0.15, 0.2) is 11.4 Å². The molecule has 1 N–H and O–H groups in total. The van der Waals surface area contributed by atoms with Gasteiger partial charge in [0, 0.05) is 23.7 Å². The second kappa shape index (κ2) is 9.08. The van der Waals surface area contributed by atoms with Crippen molar-refractivity contribution in [1.29, 1.82) is 0 Å². The fourth-order valence-corrected chi connectivity index (χ4v) is 3.95. The molecule has 0 saturated carbocycles. The van der Waals surface area contributed by atoms with E-state index in [0.29, 0.717) is 27.2 Å². The van der Waals surface area contributed by atoms with E-state index in [1.165, 1.54) is 13.5 Å². The number of carbonyl (C=O) groups is 1. The van der Waals surface area contributed by atoms with Crippen molar-refractivity contribution in [2.75, 3.05) is 20.2 Å². The minimum absolute atomic E-state index is 0.202. The van der Waals surface area contributed by atoms with Crippen molar-refractivity contribution >= 4 is 29.1 Å². The minimum Gasteiger partial charge on any atom is -0.492 e. The van der Waals surface area contributed by atoms with E-state index in [1.54, 1.807) is 22.9 Å². The molecule has 1 aliphatic rings. The summed E-state index contributed by atoms with van der Waals surface area (Å²) in [5, 5.41) is 7.67. The highest BCUT2D eigenvalue weighted by Crippen LogP contribution is 2.37. The molecule has 1 amide bonds. The molecule has 1 fully saturated rings. The van der Waals surface area contributed by atoms with E-state index in [1.807, 2.05) is 35.3 Å². The highest BCUT2D eigenvalue weighted by Gasteiger charge is 2.28. The normalized spacial score (nSPS) is 14.5. The number of hydrogen-bond donors (Lipinski definition) is 1. The highest BCUT2D eigenvalue weighted by molar-refractivity contribution is 6.32. The summed E-state index contributed by atoms with van der Waals surface area (Å²) in [6.07, 6.45) is 3.29. The summed E-state index contributed by atoms with van der Waals surface area (Å²) in [6.45, 7) is 1.65. The maximum atomic E-state index is 13.1. The molecule has 0 atom stereocenters. The zero-order valence-corrected chi connectivity index (χ0v) is 18.1. The van der Waals surface area contributed by atoms with Gasteiger partial charge in [-0.2, -0.15) is 5.10 Å². The number of rotatable bonds is 5. The molecule has 1 aliphatic heterocycles. The number of piperidine rings is 1. The van der Waals surface area contributed by atoms with Crippen molar-refractivity contribution in [1.82, 2.24) is 20.2 Å². The SMILES string of the molecule is COc1c(C(=O)NN2CCCCC2)nn(-c2ccccc2Cl)c1-c1ccc(Cl)cc1. The van der Waals surface area contributed by atoms with E-state index in [9.17, 15) is 4.79 Å². The Hall–Kier alpha value is -2.54. The lowest BCUT2D eigenvalue weighted by molar-refractivity contribution is 0.0741. The van der Waals surface area contributed by atoms with E-state index in [4.69, 9.17) is 27.9 Å². The zero-order valence-electron chi connectivity index (χ0n) is 16.6. The Labute approximate surface area is 185 Å². The van der Waals surface area contributed by atoms with Gasteiger partial charge in [-0.05, 0) is 37.1 Å². The summed E-state index contributed by atoms with van der Waals surface area (Å²) in [5.41, 5.74) is 5.25. The second-order valence-electron chi connectivity index (χ2n) is 7.09. The lowest BCUT2D eigenvalue weighted by Gasteiger charge is -2.26. The van der Waals surface area contributed by atoms with Crippen molar-refractivity contribution in [3.8, 4) is 22.7 Å². The summed E-state index contributed by atoms with van der Waals surface area (Å²) in [4.78, 5) is 13.1. The van der Waals surface area contributed by atoms with Crippen LogP contribution in [0.4, 0.5) is 0 Å². The van der Waals surface area contributed by atoms with Gasteiger partial charge in [0.1, 0.15) is 5.69 Å². The van der Waals surface area contributed by atoms with Crippen molar-refractivity contribution in [2.24, 2.45) is 0 Å². The van der Waals surface area contributed by atoms with Crippen molar-refractivity contribution < 1.29 is 9.53 Å². The maximum Gasteiger partial charge on any atom is 0.289 e. The van der Waals surface area contributed by atoms with Crippen molar-refractivity contribution in [3.63, 3.8) is 0 Å². The van der Waals surface area contributed by atoms with Crippen molar-refractivity contribution in [2.45, 2.75) is 19.3 Å². The smallest absolute Gasteiger partial charge is 0.289 e. The molecule has 6 nitrogen and oxygen atoms in total. The van der Waals surface area contributed by atoms with E-state index >= 15 is 0 Å². The topological polar surface area (TPSA) is 59.4 Å². The molecule has 0 bridgehead atoms. The third-order valence-corrected chi connectivity index (χ3v) is 5.65. The molecule has 156 valence electrons. The van der Waals surface area contributed by atoms with Crippen LogP contribution in [0, 0.1) is 0 Å². The predicted molar refractivity (Wildman–Crippen MR) is 118 cm³/mol. The first-order valence-corrected chi connectivity index (χ1v) is 10.6. The molecule has 1 saturated heterocycles. The fourth-order valence-electron chi connectivity index (χ4n) is 3.61. The fraction of sp³-hybridized carbons (Fsp3) is 0.273. The Kier molecular flexibility index (Phi) is 6.27. The molecule has 0 unspecified atom stereocenters. The first kappa shape index (κ1) is 20.7. The van der Waals surface area contributed by atoms with Crippen LogP contribution >= 0.6 is 23.2 Å². The average molecular weight is 445 g/mol. The first-order chi connectivity index (χ1) is 14.6. The highest BCUT2D eigenvalue weighted by atomic mass is 35.5. The summed E-state index contributed by atoms with van der Waals surface area (Å²) in [6, 6.07) is 14.6. The van der Waals surface area contributed by atoms with Gasteiger partial charge in [-0.3, -0.25) is 10.2 Å². The Morgan fingerprint density at radius 1 is 1.03 bits per heavy atom. The van der Waals surface area contributed by atoms with Crippen LogP contribution in [0.1, 0.15) is 29.8 Å². The lowest BCUT2D eigenvalue weighted by Crippen LogP contribution is -2.45. The van der Waals surface area contributed by atoms with E-state index in [0.717, 1.165) is 31.5 Å². The van der Waals surface area contributed by atoms with Crippen LogP contribution in [0.3, 0.4) is 0 Å². The van der Waals surface area contributed by atoms with E-state index in [2.05, 4.69) is 10.5 Å². The van der Waals surface area contributed by atoms with Crippen LogP contribution in [0.2, 0.25) is 10.0 Å². The van der Waals surface area contributed by atoms with Crippen LogP contribution in [-0.2, 0) is 0 Å². The molecular formula is C22H22Cl2N4O2. The van der Waals surface area contributed by atoms with Crippen LogP contribution in [0.25, 0.3) is 16.9 Å². The third-order valence-electron chi connectivity index (χ3n) is 5.08. The minimum atomic E-state index is -0.310. The number of amides is 1. The Morgan fingerprint density at radius 2 is 1.73 bits per heavy atom. The molecule has 0 radical (unpaired) electrons.